The summed E-state index contributed by atoms with van der Waals surface area (Å²) in [5.74, 6) is 0.692. The number of aromatic nitrogens is 2. The van der Waals surface area contributed by atoms with E-state index in [1.165, 1.54) is 0 Å². The second kappa shape index (κ2) is 5.07. The first kappa shape index (κ1) is 13.0. The minimum atomic E-state index is -0.653. The highest BCUT2D eigenvalue weighted by molar-refractivity contribution is 5.83. The van der Waals surface area contributed by atoms with Gasteiger partial charge in [0.15, 0.2) is 0 Å². The molecule has 0 aliphatic carbocycles. The second-order valence-corrected chi connectivity index (χ2v) is 4.95. The minimum Gasteiger partial charge on any atom is -0.379 e. The quantitative estimate of drug-likeness (QED) is 0.720. The van der Waals surface area contributed by atoms with E-state index in [1.54, 1.807) is 12.4 Å². The van der Waals surface area contributed by atoms with Crippen LogP contribution < -0.4 is 11.1 Å². The molecular formula is C12H20N4O2. The first-order valence-electron chi connectivity index (χ1n) is 6.21. The fourth-order valence-electron chi connectivity index (χ4n) is 2.08. The number of H-pyrrole nitrogens is 1. The van der Waals surface area contributed by atoms with Crippen LogP contribution in [-0.4, -0.2) is 35.1 Å². The zero-order valence-corrected chi connectivity index (χ0v) is 10.8. The highest BCUT2D eigenvalue weighted by Gasteiger charge is 2.44. The number of nitrogens with one attached hydrogen (secondary N) is 2. The van der Waals surface area contributed by atoms with Gasteiger partial charge in [0.25, 0.3) is 0 Å². The molecule has 1 aromatic rings. The van der Waals surface area contributed by atoms with Gasteiger partial charge in [0.05, 0.1) is 24.7 Å². The van der Waals surface area contributed by atoms with Crippen molar-refractivity contribution in [2.75, 3.05) is 13.2 Å². The van der Waals surface area contributed by atoms with Crippen molar-refractivity contribution in [3.63, 3.8) is 0 Å². The SMILES string of the molecule is CCC(NC(=O)C1(C)COCC1N)c1ncc[nH]1. The maximum Gasteiger partial charge on any atom is 0.230 e. The van der Waals surface area contributed by atoms with Gasteiger partial charge in [-0.25, -0.2) is 4.98 Å². The number of rotatable bonds is 4. The summed E-state index contributed by atoms with van der Waals surface area (Å²) in [5, 5.41) is 2.99. The van der Waals surface area contributed by atoms with E-state index in [9.17, 15) is 4.79 Å². The molecule has 0 radical (unpaired) electrons. The third kappa shape index (κ3) is 2.26. The lowest BCUT2D eigenvalue weighted by atomic mass is 9.84. The van der Waals surface area contributed by atoms with Crippen LogP contribution in [-0.2, 0) is 9.53 Å². The third-order valence-electron chi connectivity index (χ3n) is 3.60. The van der Waals surface area contributed by atoms with Crippen LogP contribution in [0.3, 0.4) is 0 Å². The Balaban J connectivity index is 2.06. The lowest BCUT2D eigenvalue weighted by molar-refractivity contribution is -0.131. The summed E-state index contributed by atoms with van der Waals surface area (Å²) in [7, 11) is 0. The van der Waals surface area contributed by atoms with Crippen molar-refractivity contribution in [1.29, 1.82) is 0 Å². The molecule has 1 fully saturated rings. The molecule has 1 amide bonds. The zero-order chi connectivity index (χ0) is 13.2. The van der Waals surface area contributed by atoms with Gasteiger partial charge < -0.3 is 20.8 Å². The van der Waals surface area contributed by atoms with Gasteiger partial charge in [-0.1, -0.05) is 6.92 Å². The van der Waals surface area contributed by atoms with Crippen molar-refractivity contribution in [3.8, 4) is 0 Å². The first-order valence-corrected chi connectivity index (χ1v) is 6.21. The number of hydrogen-bond donors (Lipinski definition) is 3. The summed E-state index contributed by atoms with van der Waals surface area (Å²) in [6.07, 6.45) is 4.19. The minimum absolute atomic E-state index is 0.0734. The van der Waals surface area contributed by atoms with Gasteiger partial charge in [-0.05, 0) is 13.3 Å². The number of carbonyl (C=O) groups excluding carboxylic acids is 1. The van der Waals surface area contributed by atoms with Crippen molar-refractivity contribution in [2.45, 2.75) is 32.4 Å². The van der Waals surface area contributed by atoms with E-state index in [4.69, 9.17) is 10.5 Å². The molecule has 18 heavy (non-hydrogen) atoms. The van der Waals surface area contributed by atoms with Crippen LogP contribution in [0, 0.1) is 5.41 Å². The normalized spacial score (nSPS) is 29.2. The van der Waals surface area contributed by atoms with Crippen LogP contribution in [0.25, 0.3) is 0 Å². The summed E-state index contributed by atoms with van der Waals surface area (Å²) >= 11 is 0. The number of aromatic amines is 1. The third-order valence-corrected chi connectivity index (χ3v) is 3.60. The molecule has 1 aliphatic rings. The van der Waals surface area contributed by atoms with Gasteiger partial charge in [0, 0.05) is 18.4 Å². The molecule has 0 bridgehead atoms. The van der Waals surface area contributed by atoms with E-state index in [0.717, 1.165) is 12.2 Å². The Labute approximate surface area is 106 Å². The fraction of sp³-hybridized carbons (Fsp3) is 0.667. The van der Waals surface area contributed by atoms with Crippen molar-refractivity contribution < 1.29 is 9.53 Å². The Bertz CT molecular complexity index is 406. The molecule has 100 valence electrons. The Morgan fingerprint density at radius 1 is 1.83 bits per heavy atom. The summed E-state index contributed by atoms with van der Waals surface area (Å²) in [5.41, 5.74) is 5.29. The van der Waals surface area contributed by atoms with Crippen LogP contribution in [0.4, 0.5) is 0 Å². The van der Waals surface area contributed by atoms with E-state index in [1.807, 2.05) is 13.8 Å². The van der Waals surface area contributed by atoms with Crippen LogP contribution in [0.15, 0.2) is 12.4 Å². The summed E-state index contributed by atoms with van der Waals surface area (Å²) in [6.45, 7) is 4.64. The van der Waals surface area contributed by atoms with Crippen LogP contribution in [0.5, 0.6) is 0 Å². The smallest absolute Gasteiger partial charge is 0.230 e. The van der Waals surface area contributed by atoms with Gasteiger partial charge in [-0.2, -0.15) is 0 Å². The molecule has 0 saturated carbocycles. The van der Waals surface area contributed by atoms with E-state index in [0.29, 0.717) is 13.2 Å². The Kier molecular flexibility index (Phi) is 3.68. The number of amides is 1. The summed E-state index contributed by atoms with van der Waals surface area (Å²) < 4.78 is 5.29. The van der Waals surface area contributed by atoms with E-state index in [-0.39, 0.29) is 18.0 Å². The molecule has 2 heterocycles. The maximum absolute atomic E-state index is 12.3. The standard InChI is InChI=1S/C12H20N4O2/c1-3-8(10-14-4-5-15-10)16-11(17)12(2)7-18-6-9(12)13/h4-5,8-9H,3,6-7,13H2,1-2H3,(H,14,15)(H,16,17). The Morgan fingerprint density at radius 3 is 3.11 bits per heavy atom. The largest absolute Gasteiger partial charge is 0.379 e. The molecule has 0 spiro atoms. The highest BCUT2D eigenvalue weighted by atomic mass is 16.5. The molecule has 1 aliphatic heterocycles. The average Bonchev–Trinajstić information content (AvgIpc) is 2.98. The highest BCUT2D eigenvalue weighted by Crippen LogP contribution is 2.28. The lowest BCUT2D eigenvalue weighted by Crippen LogP contribution is -2.50. The van der Waals surface area contributed by atoms with Crippen molar-refractivity contribution in [1.82, 2.24) is 15.3 Å². The molecule has 1 aromatic heterocycles. The molecule has 4 N–H and O–H groups in total. The number of imidazole rings is 1. The molecule has 0 aromatic carbocycles. The molecule has 3 unspecified atom stereocenters. The predicted octanol–water partition coefficient (Wildman–Crippen LogP) is 0.341. The molecule has 3 atom stereocenters. The Hall–Kier alpha value is -1.40. The molecule has 1 saturated heterocycles. The van der Waals surface area contributed by atoms with E-state index >= 15 is 0 Å². The molecule has 6 nitrogen and oxygen atoms in total. The van der Waals surface area contributed by atoms with Crippen molar-refractivity contribution in [3.05, 3.63) is 18.2 Å². The number of carbonyl (C=O) groups is 1. The second-order valence-electron chi connectivity index (χ2n) is 4.95. The van der Waals surface area contributed by atoms with Crippen molar-refractivity contribution in [2.24, 2.45) is 11.1 Å². The Morgan fingerprint density at radius 2 is 2.61 bits per heavy atom. The molecule has 2 rings (SSSR count). The monoisotopic (exact) mass is 252 g/mol. The van der Waals surface area contributed by atoms with Gasteiger partial charge in [0.2, 0.25) is 5.91 Å². The van der Waals surface area contributed by atoms with Gasteiger partial charge in [0.1, 0.15) is 5.82 Å². The summed E-state index contributed by atoms with van der Waals surface area (Å²) in [4.78, 5) is 19.5. The predicted molar refractivity (Wildman–Crippen MR) is 66.7 cm³/mol. The fourth-order valence-corrected chi connectivity index (χ4v) is 2.08. The first-order chi connectivity index (χ1) is 8.58. The number of nitrogens with zero attached hydrogens (tertiary/aromatic N) is 1. The number of hydrogen-bond acceptors (Lipinski definition) is 4. The molecule has 6 heteroatoms. The number of nitrogens with two attached hydrogens (primary N) is 1. The van der Waals surface area contributed by atoms with Gasteiger partial charge in [-0.15, -0.1) is 0 Å². The topological polar surface area (TPSA) is 93.0 Å². The lowest BCUT2D eigenvalue weighted by Gasteiger charge is -2.27. The average molecular weight is 252 g/mol. The summed E-state index contributed by atoms with van der Waals surface area (Å²) in [6, 6.07) is -0.372. The van der Waals surface area contributed by atoms with E-state index in [2.05, 4.69) is 15.3 Å². The van der Waals surface area contributed by atoms with Gasteiger partial charge >= 0.3 is 0 Å². The van der Waals surface area contributed by atoms with Crippen LogP contribution in [0.1, 0.15) is 32.1 Å². The zero-order valence-electron chi connectivity index (χ0n) is 10.8. The molecular weight excluding hydrogens is 232 g/mol. The van der Waals surface area contributed by atoms with Crippen molar-refractivity contribution >= 4 is 5.91 Å². The van der Waals surface area contributed by atoms with Crippen LogP contribution >= 0.6 is 0 Å². The maximum atomic E-state index is 12.3. The van der Waals surface area contributed by atoms with E-state index < -0.39 is 5.41 Å². The van der Waals surface area contributed by atoms with Gasteiger partial charge in [-0.3, -0.25) is 4.79 Å². The van der Waals surface area contributed by atoms with Crippen LogP contribution in [0.2, 0.25) is 0 Å². The number of ether oxygens (including phenoxy) is 1.